The normalized spacial score (nSPS) is 16.2. The number of Topliss-reactive ketones (excluding diaryl/α,β-unsaturated/α-hetero) is 1. The molecule has 0 heterocycles. The molecule has 0 N–H and O–H groups in total. The predicted octanol–water partition coefficient (Wildman–Crippen LogP) is 4.38. The van der Waals surface area contributed by atoms with Crippen LogP contribution in [0.5, 0.6) is 0 Å². The van der Waals surface area contributed by atoms with Gasteiger partial charge >= 0.3 is 0 Å². The minimum atomic E-state index is 0.261. The van der Waals surface area contributed by atoms with E-state index in [4.69, 9.17) is 11.6 Å². The van der Waals surface area contributed by atoms with Crippen molar-refractivity contribution >= 4 is 17.4 Å². The number of carbonyl (C=O) groups is 1. The van der Waals surface area contributed by atoms with Gasteiger partial charge in [-0.3, -0.25) is 0 Å². The number of aryl methyl sites for hydroxylation is 2. The van der Waals surface area contributed by atoms with Gasteiger partial charge in [0.25, 0.3) is 0 Å². The van der Waals surface area contributed by atoms with Crippen LogP contribution in [-0.4, -0.2) is 5.78 Å². The molecule has 0 saturated carbocycles. The third kappa shape index (κ3) is 3.35. The lowest BCUT2D eigenvalue weighted by molar-refractivity contribution is -0.117. The van der Waals surface area contributed by atoms with Crippen molar-refractivity contribution in [1.29, 1.82) is 0 Å². The SMILES string of the molecule is CC(=O)CC(C)Cc1cc2c(cc1Cl)CCCC2. The first-order valence-electron chi connectivity index (χ1n) is 6.86. The van der Waals surface area contributed by atoms with Gasteiger partial charge in [0.1, 0.15) is 5.78 Å². The van der Waals surface area contributed by atoms with Crippen LogP contribution < -0.4 is 0 Å². The monoisotopic (exact) mass is 264 g/mol. The number of fused-ring (bicyclic) bond motifs is 1. The number of benzene rings is 1. The first kappa shape index (κ1) is 13.6. The van der Waals surface area contributed by atoms with Crippen LogP contribution in [-0.2, 0) is 24.1 Å². The van der Waals surface area contributed by atoms with Crippen LogP contribution in [0.2, 0.25) is 5.02 Å². The molecule has 0 aromatic heterocycles. The molecular weight excluding hydrogens is 244 g/mol. The summed E-state index contributed by atoms with van der Waals surface area (Å²) in [4.78, 5) is 11.1. The molecule has 18 heavy (non-hydrogen) atoms. The molecule has 0 bridgehead atoms. The Morgan fingerprint density at radius 2 is 1.89 bits per heavy atom. The van der Waals surface area contributed by atoms with E-state index in [0.29, 0.717) is 12.3 Å². The fraction of sp³-hybridized carbons (Fsp3) is 0.562. The Bertz CT molecular complexity index is 451. The molecule has 0 amide bonds. The first-order valence-corrected chi connectivity index (χ1v) is 7.23. The minimum Gasteiger partial charge on any atom is -0.300 e. The zero-order valence-electron chi connectivity index (χ0n) is 11.3. The molecule has 0 radical (unpaired) electrons. The summed E-state index contributed by atoms with van der Waals surface area (Å²) >= 11 is 6.36. The van der Waals surface area contributed by atoms with Gasteiger partial charge in [-0.25, -0.2) is 0 Å². The number of carbonyl (C=O) groups excluding carboxylic acids is 1. The Labute approximate surface area is 115 Å². The highest BCUT2D eigenvalue weighted by atomic mass is 35.5. The van der Waals surface area contributed by atoms with Crippen molar-refractivity contribution in [2.75, 3.05) is 0 Å². The van der Waals surface area contributed by atoms with Crippen molar-refractivity contribution in [2.45, 2.75) is 52.4 Å². The van der Waals surface area contributed by atoms with Gasteiger partial charge in [-0.2, -0.15) is 0 Å². The van der Waals surface area contributed by atoms with Crippen LogP contribution in [0.15, 0.2) is 12.1 Å². The second-order valence-corrected chi connectivity index (χ2v) is 6.04. The second-order valence-electron chi connectivity index (χ2n) is 5.63. The summed E-state index contributed by atoms with van der Waals surface area (Å²) < 4.78 is 0. The molecule has 1 aliphatic carbocycles. The third-order valence-corrected chi connectivity index (χ3v) is 4.07. The summed E-state index contributed by atoms with van der Waals surface area (Å²) in [7, 11) is 0. The molecule has 1 unspecified atom stereocenters. The Morgan fingerprint density at radius 1 is 1.28 bits per heavy atom. The topological polar surface area (TPSA) is 17.1 Å². The maximum atomic E-state index is 11.1. The molecule has 98 valence electrons. The first-order chi connectivity index (χ1) is 8.56. The molecule has 1 nitrogen and oxygen atoms in total. The molecule has 0 spiro atoms. The van der Waals surface area contributed by atoms with E-state index in [1.165, 1.54) is 42.4 Å². The largest absolute Gasteiger partial charge is 0.300 e. The molecule has 1 atom stereocenters. The molecule has 1 aromatic rings. The maximum absolute atomic E-state index is 11.1. The average molecular weight is 265 g/mol. The van der Waals surface area contributed by atoms with Gasteiger partial charge in [0.2, 0.25) is 0 Å². The predicted molar refractivity (Wildman–Crippen MR) is 76.3 cm³/mol. The van der Waals surface area contributed by atoms with Gasteiger partial charge < -0.3 is 4.79 Å². The maximum Gasteiger partial charge on any atom is 0.130 e. The van der Waals surface area contributed by atoms with Crippen LogP contribution in [0, 0.1) is 5.92 Å². The summed E-state index contributed by atoms with van der Waals surface area (Å²) in [6, 6.07) is 4.42. The number of halogens is 1. The van der Waals surface area contributed by atoms with Gasteiger partial charge in [0.05, 0.1) is 0 Å². The Hall–Kier alpha value is -0.820. The highest BCUT2D eigenvalue weighted by Crippen LogP contribution is 2.29. The van der Waals surface area contributed by atoms with Crippen molar-refractivity contribution in [3.63, 3.8) is 0 Å². The molecular formula is C16H21ClO. The van der Waals surface area contributed by atoms with Crippen LogP contribution in [0.4, 0.5) is 0 Å². The van der Waals surface area contributed by atoms with E-state index >= 15 is 0 Å². The number of rotatable bonds is 4. The van der Waals surface area contributed by atoms with E-state index in [2.05, 4.69) is 19.1 Å². The molecule has 1 aromatic carbocycles. The minimum absolute atomic E-state index is 0.261. The van der Waals surface area contributed by atoms with Crippen molar-refractivity contribution < 1.29 is 4.79 Å². The van der Waals surface area contributed by atoms with Gasteiger partial charge in [-0.05, 0) is 67.7 Å². The fourth-order valence-electron chi connectivity index (χ4n) is 2.90. The lowest BCUT2D eigenvalue weighted by atomic mass is 9.88. The van der Waals surface area contributed by atoms with Gasteiger partial charge in [0.15, 0.2) is 0 Å². The van der Waals surface area contributed by atoms with Crippen molar-refractivity contribution in [3.8, 4) is 0 Å². The average Bonchev–Trinajstić information content (AvgIpc) is 2.29. The van der Waals surface area contributed by atoms with Gasteiger partial charge in [0, 0.05) is 11.4 Å². The highest BCUT2D eigenvalue weighted by molar-refractivity contribution is 6.31. The highest BCUT2D eigenvalue weighted by Gasteiger charge is 2.14. The van der Waals surface area contributed by atoms with Crippen LogP contribution >= 0.6 is 11.6 Å². The molecule has 1 aliphatic rings. The summed E-state index contributed by atoms with van der Waals surface area (Å²) in [6.45, 7) is 3.78. The van der Waals surface area contributed by atoms with Crippen molar-refractivity contribution in [2.24, 2.45) is 5.92 Å². The Balaban J connectivity index is 2.15. The van der Waals surface area contributed by atoms with E-state index in [1.807, 2.05) is 0 Å². The quantitative estimate of drug-likeness (QED) is 0.789. The van der Waals surface area contributed by atoms with Gasteiger partial charge in [-0.1, -0.05) is 24.6 Å². The molecule has 0 fully saturated rings. The number of ketones is 1. The number of hydrogen-bond acceptors (Lipinski definition) is 1. The van der Waals surface area contributed by atoms with E-state index in [9.17, 15) is 4.79 Å². The fourth-order valence-corrected chi connectivity index (χ4v) is 3.16. The van der Waals surface area contributed by atoms with E-state index in [-0.39, 0.29) is 5.78 Å². The summed E-state index contributed by atoms with van der Waals surface area (Å²) in [5, 5.41) is 0.881. The lowest BCUT2D eigenvalue weighted by Gasteiger charge is -2.19. The van der Waals surface area contributed by atoms with Crippen LogP contribution in [0.25, 0.3) is 0 Å². The Kier molecular flexibility index (Phi) is 4.45. The lowest BCUT2D eigenvalue weighted by Crippen LogP contribution is -2.08. The van der Waals surface area contributed by atoms with Gasteiger partial charge in [-0.15, -0.1) is 0 Å². The zero-order valence-corrected chi connectivity index (χ0v) is 12.0. The van der Waals surface area contributed by atoms with E-state index in [1.54, 1.807) is 6.92 Å². The zero-order chi connectivity index (χ0) is 13.1. The molecule has 0 aliphatic heterocycles. The summed E-state index contributed by atoms with van der Waals surface area (Å²) in [6.07, 6.45) is 6.47. The van der Waals surface area contributed by atoms with E-state index < -0.39 is 0 Å². The molecule has 0 saturated heterocycles. The van der Waals surface area contributed by atoms with Crippen LogP contribution in [0.1, 0.15) is 49.8 Å². The third-order valence-electron chi connectivity index (χ3n) is 3.72. The number of hydrogen-bond donors (Lipinski definition) is 0. The van der Waals surface area contributed by atoms with Crippen LogP contribution in [0.3, 0.4) is 0 Å². The summed E-state index contributed by atoms with van der Waals surface area (Å²) in [5.74, 6) is 0.637. The standard InChI is InChI=1S/C16H21ClO/c1-11(7-12(2)18)8-15-9-13-5-3-4-6-14(13)10-16(15)17/h9-11H,3-8H2,1-2H3. The van der Waals surface area contributed by atoms with E-state index in [0.717, 1.165) is 11.4 Å². The van der Waals surface area contributed by atoms with Crippen molar-refractivity contribution in [1.82, 2.24) is 0 Å². The second kappa shape index (κ2) is 5.88. The Morgan fingerprint density at radius 3 is 2.50 bits per heavy atom. The molecule has 2 rings (SSSR count). The van der Waals surface area contributed by atoms with Crippen molar-refractivity contribution in [3.05, 3.63) is 33.8 Å². The summed E-state index contributed by atoms with van der Waals surface area (Å²) in [5.41, 5.74) is 4.11. The smallest absolute Gasteiger partial charge is 0.130 e. The molecule has 2 heteroatoms.